The van der Waals surface area contributed by atoms with Crippen molar-refractivity contribution < 1.29 is 53.7 Å². The maximum absolute atomic E-state index is 15.6. The van der Waals surface area contributed by atoms with E-state index in [1.807, 2.05) is 0 Å². The van der Waals surface area contributed by atoms with E-state index in [4.69, 9.17) is 0 Å². The highest BCUT2D eigenvalue weighted by atomic mass is 19.4. The van der Waals surface area contributed by atoms with Gasteiger partial charge in [0.15, 0.2) is 11.5 Å². The molecule has 0 bridgehead atoms. The molecule has 1 aromatic carbocycles. The second-order valence-electron chi connectivity index (χ2n) is 10.0. The number of benzene rings is 1. The Labute approximate surface area is 230 Å². The maximum Gasteiger partial charge on any atom is 0.405 e. The number of H-pyrrole nitrogens is 1. The number of nitrogens with zero attached hydrogens (tertiary/aromatic N) is 3. The highest BCUT2D eigenvalue weighted by Crippen LogP contribution is 2.42. The zero-order chi connectivity index (χ0) is 31.0. The van der Waals surface area contributed by atoms with E-state index in [1.54, 1.807) is 0 Å². The summed E-state index contributed by atoms with van der Waals surface area (Å²) in [5.41, 5.74) is -1.63. The van der Waals surface area contributed by atoms with Crippen molar-refractivity contribution in [3.63, 3.8) is 0 Å². The number of amides is 2. The van der Waals surface area contributed by atoms with Gasteiger partial charge < -0.3 is 15.6 Å². The van der Waals surface area contributed by atoms with Crippen LogP contribution in [0.5, 0.6) is 0 Å². The van der Waals surface area contributed by atoms with Crippen LogP contribution in [0.3, 0.4) is 0 Å². The van der Waals surface area contributed by atoms with Crippen LogP contribution in [0.2, 0.25) is 0 Å². The standard InChI is InChI=1S/C24H23F9N6O3/c1-10-16(39-42-38-10)21(41)37-17(11-4-6-22(26,27)7-5-11)19-35-14-3-2-12(15(25)18(14)36-19)13(8-23(28,29)30)20(40)34-9-24(31,32)33/h2-3,11,13,17H,4-9H2,1H3,(H,34,40)(H,35,36)(H,37,41)/t13-,17?/m0/s1. The van der Waals surface area contributed by atoms with Gasteiger partial charge in [-0.15, -0.1) is 0 Å². The van der Waals surface area contributed by atoms with Gasteiger partial charge in [-0.2, -0.15) is 26.3 Å². The number of fused-ring (bicyclic) bond motifs is 1. The van der Waals surface area contributed by atoms with Crippen molar-refractivity contribution in [1.29, 1.82) is 0 Å². The van der Waals surface area contributed by atoms with Crippen molar-refractivity contribution >= 4 is 22.8 Å². The molecule has 2 aromatic heterocycles. The number of rotatable bonds is 8. The van der Waals surface area contributed by atoms with E-state index in [1.165, 1.54) is 12.2 Å². The van der Waals surface area contributed by atoms with E-state index >= 15 is 4.39 Å². The fourth-order valence-electron chi connectivity index (χ4n) is 4.83. The van der Waals surface area contributed by atoms with Crippen molar-refractivity contribution in [2.75, 3.05) is 6.54 Å². The van der Waals surface area contributed by atoms with Gasteiger partial charge >= 0.3 is 12.4 Å². The molecule has 42 heavy (non-hydrogen) atoms. The average molecular weight is 614 g/mol. The molecule has 4 rings (SSSR count). The summed E-state index contributed by atoms with van der Waals surface area (Å²) < 4.78 is 125. The molecule has 1 fully saturated rings. The molecular weight excluding hydrogens is 591 g/mol. The van der Waals surface area contributed by atoms with Gasteiger partial charge in [0.25, 0.3) is 5.91 Å². The average Bonchev–Trinajstić information content (AvgIpc) is 3.51. The Balaban J connectivity index is 1.71. The molecule has 1 aliphatic carbocycles. The summed E-state index contributed by atoms with van der Waals surface area (Å²) in [6.07, 6.45) is -13.1. The molecule has 2 heterocycles. The predicted molar refractivity (Wildman–Crippen MR) is 125 cm³/mol. The Kier molecular flexibility index (Phi) is 8.46. The van der Waals surface area contributed by atoms with Crippen LogP contribution >= 0.6 is 0 Å². The highest BCUT2D eigenvalue weighted by Gasteiger charge is 2.41. The Morgan fingerprint density at radius 1 is 1.10 bits per heavy atom. The van der Waals surface area contributed by atoms with Crippen molar-refractivity contribution in [2.45, 2.75) is 69.3 Å². The first-order valence-corrected chi connectivity index (χ1v) is 12.5. The summed E-state index contributed by atoms with van der Waals surface area (Å²) in [7, 11) is 0. The van der Waals surface area contributed by atoms with Gasteiger partial charge in [0, 0.05) is 18.4 Å². The van der Waals surface area contributed by atoms with E-state index < -0.39 is 90.7 Å². The molecule has 2 atom stereocenters. The first kappa shape index (κ1) is 31.1. The second kappa shape index (κ2) is 11.4. The number of halogens is 9. The minimum absolute atomic E-state index is 0.0776. The molecule has 230 valence electrons. The lowest BCUT2D eigenvalue weighted by atomic mass is 9.81. The Hall–Kier alpha value is -3.86. The Morgan fingerprint density at radius 2 is 1.76 bits per heavy atom. The third-order valence-corrected chi connectivity index (χ3v) is 6.91. The van der Waals surface area contributed by atoms with E-state index in [-0.39, 0.29) is 35.6 Å². The van der Waals surface area contributed by atoms with Crippen LogP contribution in [0.15, 0.2) is 16.8 Å². The fourth-order valence-corrected chi connectivity index (χ4v) is 4.83. The smallest absolute Gasteiger partial charge is 0.346 e. The lowest BCUT2D eigenvalue weighted by Crippen LogP contribution is -2.38. The van der Waals surface area contributed by atoms with Crippen LogP contribution in [0.25, 0.3) is 11.0 Å². The molecule has 2 amide bonds. The molecule has 1 saturated carbocycles. The van der Waals surface area contributed by atoms with Crippen LogP contribution in [0.1, 0.15) is 71.6 Å². The molecule has 18 heteroatoms. The first-order chi connectivity index (χ1) is 19.4. The topological polar surface area (TPSA) is 126 Å². The van der Waals surface area contributed by atoms with Crippen LogP contribution in [0, 0.1) is 18.7 Å². The number of aromatic amines is 1. The highest BCUT2D eigenvalue weighted by molar-refractivity contribution is 5.93. The quantitative estimate of drug-likeness (QED) is 0.292. The van der Waals surface area contributed by atoms with Gasteiger partial charge in [0.2, 0.25) is 11.8 Å². The normalized spacial score (nSPS) is 17.7. The van der Waals surface area contributed by atoms with Gasteiger partial charge in [-0.05, 0) is 36.9 Å². The number of alkyl halides is 8. The van der Waals surface area contributed by atoms with Crippen molar-refractivity contribution in [3.05, 3.63) is 40.7 Å². The third-order valence-electron chi connectivity index (χ3n) is 6.91. The molecule has 3 N–H and O–H groups in total. The summed E-state index contributed by atoms with van der Waals surface area (Å²) in [5, 5.41) is 10.9. The molecule has 1 unspecified atom stereocenters. The monoisotopic (exact) mass is 614 g/mol. The van der Waals surface area contributed by atoms with Crippen LogP contribution < -0.4 is 10.6 Å². The lowest BCUT2D eigenvalue weighted by molar-refractivity contribution is -0.152. The molecule has 0 radical (unpaired) electrons. The van der Waals surface area contributed by atoms with Crippen molar-refractivity contribution in [2.24, 2.45) is 5.92 Å². The molecule has 1 aliphatic rings. The SMILES string of the molecule is Cc1nonc1C(=O)NC(c1nc2c(F)c([C@H](CC(F)(F)F)C(=O)NCC(F)(F)F)ccc2[nH]1)C1CCC(F)(F)CC1. The van der Waals surface area contributed by atoms with E-state index in [2.05, 4.69) is 30.2 Å². The van der Waals surface area contributed by atoms with E-state index in [0.29, 0.717) is 0 Å². The summed E-state index contributed by atoms with van der Waals surface area (Å²) >= 11 is 0. The van der Waals surface area contributed by atoms with E-state index in [0.717, 1.165) is 12.1 Å². The molecule has 0 saturated heterocycles. The number of aromatic nitrogens is 4. The van der Waals surface area contributed by atoms with Crippen LogP contribution in [-0.4, -0.2) is 56.9 Å². The molecule has 3 aromatic rings. The minimum atomic E-state index is -5.05. The van der Waals surface area contributed by atoms with Crippen LogP contribution in [-0.2, 0) is 4.79 Å². The molecule has 9 nitrogen and oxygen atoms in total. The summed E-state index contributed by atoms with van der Waals surface area (Å²) in [6.45, 7) is -0.513. The van der Waals surface area contributed by atoms with Gasteiger partial charge in [-0.25, -0.2) is 22.8 Å². The number of carbonyl (C=O) groups is 2. The minimum Gasteiger partial charge on any atom is -0.346 e. The number of hydrogen-bond acceptors (Lipinski definition) is 6. The third kappa shape index (κ3) is 7.31. The molecule has 0 aliphatic heterocycles. The number of carbonyl (C=O) groups excluding carboxylic acids is 2. The number of nitrogens with one attached hydrogen (secondary N) is 3. The van der Waals surface area contributed by atoms with Gasteiger partial charge in [0.05, 0.1) is 23.9 Å². The van der Waals surface area contributed by atoms with Crippen molar-refractivity contribution in [1.82, 2.24) is 30.9 Å². The maximum atomic E-state index is 15.6. The second-order valence-corrected chi connectivity index (χ2v) is 10.0. The molecular formula is C24H23F9N6O3. The predicted octanol–water partition coefficient (Wildman–Crippen LogP) is 5.40. The number of hydrogen-bond donors (Lipinski definition) is 3. The number of aryl methyl sites for hydroxylation is 1. The first-order valence-electron chi connectivity index (χ1n) is 12.5. The Bertz CT molecular complexity index is 1440. The largest absolute Gasteiger partial charge is 0.405 e. The Morgan fingerprint density at radius 3 is 2.33 bits per heavy atom. The van der Waals surface area contributed by atoms with Gasteiger partial charge in [-0.1, -0.05) is 11.2 Å². The fraction of sp³-hybridized carbons (Fsp3) is 0.542. The zero-order valence-corrected chi connectivity index (χ0v) is 21.6. The zero-order valence-electron chi connectivity index (χ0n) is 21.6. The van der Waals surface area contributed by atoms with Gasteiger partial charge in [0.1, 0.15) is 23.6 Å². The molecule has 0 spiro atoms. The van der Waals surface area contributed by atoms with Gasteiger partial charge in [-0.3, -0.25) is 9.59 Å². The van der Waals surface area contributed by atoms with Crippen LogP contribution in [0.4, 0.5) is 39.5 Å². The number of imidazole rings is 1. The van der Waals surface area contributed by atoms with E-state index in [9.17, 15) is 44.7 Å². The summed E-state index contributed by atoms with van der Waals surface area (Å²) in [6, 6.07) is 0.758. The lowest BCUT2D eigenvalue weighted by Gasteiger charge is -2.33. The summed E-state index contributed by atoms with van der Waals surface area (Å²) in [4.78, 5) is 32.0. The van der Waals surface area contributed by atoms with Crippen molar-refractivity contribution in [3.8, 4) is 0 Å². The summed E-state index contributed by atoms with van der Waals surface area (Å²) in [5.74, 6) is -10.0.